The lowest BCUT2D eigenvalue weighted by Crippen LogP contribution is -2.37. The summed E-state index contributed by atoms with van der Waals surface area (Å²) in [5, 5.41) is 0.758. The minimum Gasteiger partial charge on any atom is -0.480 e. The Kier molecular flexibility index (Phi) is 15.3. The van der Waals surface area contributed by atoms with Crippen LogP contribution in [0.5, 0.6) is 5.88 Å². The predicted octanol–water partition coefficient (Wildman–Crippen LogP) is 11.8. The Balaban J connectivity index is 1.18. The molecule has 0 unspecified atom stereocenters. The predicted molar refractivity (Wildman–Crippen MR) is 272 cm³/mol. The average molecular weight is 967 g/mol. The highest BCUT2D eigenvalue weighted by atomic mass is 28.3. The van der Waals surface area contributed by atoms with Gasteiger partial charge in [0.05, 0.1) is 53.9 Å². The zero-order valence-corrected chi connectivity index (χ0v) is 44.8. The lowest BCUT2D eigenvalue weighted by molar-refractivity contribution is 0.0195. The molecule has 0 N–H and O–H groups in total. The summed E-state index contributed by atoms with van der Waals surface area (Å²) in [6.07, 6.45) is 6.38. The Labute approximate surface area is 404 Å². The fraction of sp³-hybridized carbons (Fsp3) is 0.569. The third kappa shape index (κ3) is 12.6. The second kappa shape index (κ2) is 20.5. The first-order valence-corrected chi connectivity index (χ1v) is 31.6. The molecule has 2 atom stereocenters. The van der Waals surface area contributed by atoms with Crippen LogP contribution in [0.1, 0.15) is 91.0 Å². The van der Waals surface area contributed by atoms with Gasteiger partial charge in [-0.3, -0.25) is 9.80 Å². The zero-order valence-electron chi connectivity index (χ0n) is 42.8. The van der Waals surface area contributed by atoms with Crippen molar-refractivity contribution in [3.8, 4) is 39.8 Å². The van der Waals surface area contributed by atoms with Crippen molar-refractivity contribution in [2.75, 3.05) is 33.4 Å². The van der Waals surface area contributed by atoms with E-state index in [0.717, 1.165) is 88.4 Å². The largest absolute Gasteiger partial charge is 0.480 e. The van der Waals surface area contributed by atoms with E-state index in [0.29, 0.717) is 51.5 Å². The van der Waals surface area contributed by atoms with Crippen LogP contribution in [0.3, 0.4) is 0 Å². The molecule has 2 saturated heterocycles. The van der Waals surface area contributed by atoms with Crippen molar-refractivity contribution >= 4 is 39.2 Å². The molecule has 2 amide bonds. The first kappa shape index (κ1) is 50.8. The molecule has 0 spiro atoms. The van der Waals surface area contributed by atoms with Gasteiger partial charge in [0.15, 0.2) is 5.82 Å². The number of ether oxygens (including phenoxy) is 5. The van der Waals surface area contributed by atoms with Crippen molar-refractivity contribution in [2.24, 2.45) is 0 Å². The Hall–Kier alpha value is -5.11. The second-order valence-electron chi connectivity index (χ2n) is 22.6. The normalized spacial score (nSPS) is 17.1. The molecule has 3 aromatic heterocycles. The summed E-state index contributed by atoms with van der Waals surface area (Å²) in [5.41, 5.74) is 3.96. The van der Waals surface area contributed by atoms with Crippen LogP contribution >= 0.6 is 0 Å². The maximum absolute atomic E-state index is 13.4. The number of methoxy groups -OCH3 is 1. The number of rotatable bonds is 16. The molecule has 0 saturated carbocycles. The molecule has 0 aliphatic carbocycles. The highest BCUT2D eigenvalue weighted by Gasteiger charge is 2.38. The van der Waals surface area contributed by atoms with Gasteiger partial charge in [-0.05, 0) is 97.0 Å². The molecule has 5 aromatic rings. The van der Waals surface area contributed by atoms with E-state index in [1.165, 1.54) is 0 Å². The van der Waals surface area contributed by atoms with E-state index in [2.05, 4.69) is 60.5 Å². The summed E-state index contributed by atoms with van der Waals surface area (Å²) in [5.74, 6) is 2.54. The fourth-order valence-corrected chi connectivity index (χ4v) is 10.1. The number of carbonyl (C=O) groups is 2. The van der Waals surface area contributed by atoms with Crippen LogP contribution in [0.4, 0.5) is 9.59 Å². The standard InChI is InChI=1S/C51H74N8O7Si2/c1-50(2,3)65-48(60)56-24-14-16-40(56)45-52-31-42(58(45)33-63-26-28-67(8,9)10)35-18-20-36(21-19-35)44-54-39-23-22-37(30-38(39)47(55-44)62-7)43-32-53-46(59(43)34-64-27-29-68(11,12)13)41-17-15-25-57(41)49(61)66-51(4,5)6/h18-23,30-32,40-41H,14-17,24-29,33-34H2,1-13H3/t40-,41-/m0/s1. The maximum atomic E-state index is 13.4. The molecular formula is C51H74N8O7Si2. The van der Waals surface area contributed by atoms with Gasteiger partial charge in [-0.1, -0.05) is 69.6 Å². The quantitative estimate of drug-likeness (QED) is 0.0687. The Morgan fingerprint density at radius 3 is 1.56 bits per heavy atom. The van der Waals surface area contributed by atoms with E-state index in [1.807, 2.05) is 84.3 Å². The van der Waals surface area contributed by atoms with Gasteiger partial charge in [0.2, 0.25) is 5.88 Å². The number of benzene rings is 2. The molecular weight excluding hydrogens is 893 g/mol. The van der Waals surface area contributed by atoms with Crippen LogP contribution in [0.25, 0.3) is 44.8 Å². The lowest BCUT2D eigenvalue weighted by atomic mass is 10.1. The summed E-state index contributed by atoms with van der Waals surface area (Å²) in [6, 6.07) is 15.8. The van der Waals surface area contributed by atoms with Crippen LogP contribution in [0.15, 0.2) is 54.9 Å². The molecule has 68 heavy (non-hydrogen) atoms. The summed E-state index contributed by atoms with van der Waals surface area (Å²) >= 11 is 0. The van der Waals surface area contributed by atoms with Gasteiger partial charge in [0.1, 0.15) is 36.3 Å². The van der Waals surface area contributed by atoms with Crippen molar-refractivity contribution in [3.63, 3.8) is 0 Å². The van der Waals surface area contributed by atoms with Gasteiger partial charge in [-0.2, -0.15) is 4.98 Å². The van der Waals surface area contributed by atoms with Crippen LogP contribution in [-0.4, -0.2) is 112 Å². The Bertz CT molecular complexity index is 2550. The number of aromatic nitrogens is 6. The molecule has 0 radical (unpaired) electrons. The highest BCUT2D eigenvalue weighted by Crippen LogP contribution is 2.38. The zero-order chi connectivity index (χ0) is 49.2. The van der Waals surface area contributed by atoms with Gasteiger partial charge in [0, 0.05) is 53.6 Å². The first-order chi connectivity index (χ1) is 32.0. The Morgan fingerprint density at radius 2 is 1.10 bits per heavy atom. The SMILES string of the molecule is COc1nc(-c2ccc(-c3cnc([C@@H]4CCCN4C(=O)OC(C)(C)C)n3COCC[Si](C)(C)C)cc2)nc2ccc(-c3cnc([C@@H]4CCCN4C(=O)OC(C)(C)C)n3COCC[Si](C)(C)C)cc12. The van der Waals surface area contributed by atoms with E-state index in [1.54, 1.807) is 16.9 Å². The van der Waals surface area contributed by atoms with Crippen molar-refractivity contribution in [2.45, 2.75) is 155 Å². The van der Waals surface area contributed by atoms with E-state index in [9.17, 15) is 9.59 Å². The molecule has 15 nitrogen and oxygen atoms in total. The summed E-state index contributed by atoms with van der Waals surface area (Å²) in [7, 11) is -1.02. The average Bonchev–Trinajstić information content (AvgIpc) is 4.08. The van der Waals surface area contributed by atoms with Crippen LogP contribution in [0, 0.1) is 0 Å². The number of imidazole rings is 2. The molecule has 7 rings (SSSR count). The van der Waals surface area contributed by atoms with Crippen LogP contribution in [-0.2, 0) is 32.4 Å². The number of amides is 2. The number of carbonyl (C=O) groups excluding carboxylic acids is 2. The number of likely N-dealkylation sites (tertiary alicyclic amines) is 2. The van der Waals surface area contributed by atoms with Gasteiger partial charge in [0.25, 0.3) is 0 Å². The van der Waals surface area contributed by atoms with E-state index in [4.69, 9.17) is 43.6 Å². The fourth-order valence-electron chi connectivity index (χ4n) is 8.60. The monoisotopic (exact) mass is 967 g/mol. The van der Waals surface area contributed by atoms with E-state index >= 15 is 0 Å². The van der Waals surface area contributed by atoms with E-state index < -0.39 is 27.3 Å². The lowest BCUT2D eigenvalue weighted by Gasteiger charge is -2.29. The third-order valence-corrected chi connectivity index (χ3v) is 15.6. The summed E-state index contributed by atoms with van der Waals surface area (Å²) in [4.78, 5) is 50.3. The van der Waals surface area contributed by atoms with Crippen LogP contribution in [0.2, 0.25) is 51.4 Å². The molecule has 2 fully saturated rings. The first-order valence-electron chi connectivity index (χ1n) is 24.2. The van der Waals surface area contributed by atoms with Crippen molar-refractivity contribution in [1.29, 1.82) is 0 Å². The van der Waals surface area contributed by atoms with E-state index in [-0.39, 0.29) is 24.3 Å². The minimum absolute atomic E-state index is 0.227. The molecule has 0 bridgehead atoms. The van der Waals surface area contributed by atoms with Crippen LogP contribution < -0.4 is 4.74 Å². The molecule has 2 aliphatic rings. The molecule has 368 valence electrons. The summed E-state index contributed by atoms with van der Waals surface area (Å²) < 4.78 is 34.5. The number of hydrogen-bond donors (Lipinski definition) is 0. The third-order valence-electron chi connectivity index (χ3n) is 12.2. The number of nitrogens with zero attached hydrogens (tertiary/aromatic N) is 8. The number of hydrogen-bond acceptors (Lipinski definition) is 11. The molecule has 17 heteroatoms. The molecule has 2 aliphatic heterocycles. The van der Waals surface area contributed by atoms with Gasteiger partial charge in [-0.25, -0.2) is 24.5 Å². The minimum atomic E-state index is -1.33. The molecule has 5 heterocycles. The smallest absolute Gasteiger partial charge is 0.410 e. The van der Waals surface area contributed by atoms with Gasteiger partial charge < -0.3 is 32.8 Å². The van der Waals surface area contributed by atoms with Gasteiger partial charge in [-0.15, -0.1) is 0 Å². The Morgan fingerprint density at radius 1 is 0.647 bits per heavy atom. The number of fused-ring (bicyclic) bond motifs is 1. The topological polar surface area (TPSA) is 148 Å². The van der Waals surface area contributed by atoms with Crippen molar-refractivity contribution in [1.82, 2.24) is 38.9 Å². The highest BCUT2D eigenvalue weighted by molar-refractivity contribution is 6.76. The summed E-state index contributed by atoms with van der Waals surface area (Å²) in [6.45, 7) is 28.5. The van der Waals surface area contributed by atoms with Crippen molar-refractivity contribution in [3.05, 3.63) is 66.5 Å². The van der Waals surface area contributed by atoms with Crippen molar-refractivity contribution < 1.29 is 33.3 Å². The molecule has 2 aromatic carbocycles. The maximum Gasteiger partial charge on any atom is 0.410 e. The second-order valence-corrected chi connectivity index (χ2v) is 33.8. The van der Waals surface area contributed by atoms with Gasteiger partial charge >= 0.3 is 12.2 Å².